The van der Waals surface area contributed by atoms with Crippen LogP contribution in [0.15, 0.2) is 30.3 Å². The van der Waals surface area contributed by atoms with Crippen LogP contribution >= 0.6 is 11.6 Å². The van der Waals surface area contributed by atoms with Gasteiger partial charge in [0.05, 0.1) is 11.1 Å². The number of urea groups is 1. The number of fused-ring (bicyclic) bond motifs is 1. The van der Waals surface area contributed by atoms with Gasteiger partial charge in [-0.15, -0.1) is 0 Å². The van der Waals surface area contributed by atoms with Gasteiger partial charge in [-0.1, -0.05) is 30.9 Å². The van der Waals surface area contributed by atoms with Gasteiger partial charge in [0.2, 0.25) is 0 Å². The summed E-state index contributed by atoms with van der Waals surface area (Å²) in [4.78, 5) is 40.6. The third-order valence-electron chi connectivity index (χ3n) is 4.72. The van der Waals surface area contributed by atoms with Crippen LogP contribution in [0.25, 0.3) is 10.9 Å². The minimum Gasteiger partial charge on any atom is -0.449 e. The van der Waals surface area contributed by atoms with Crippen molar-refractivity contribution in [1.29, 1.82) is 0 Å². The average Bonchev–Trinajstić information content (AvgIpc) is 2.68. The third kappa shape index (κ3) is 5.19. The number of esters is 1. The molecule has 0 radical (unpaired) electrons. The number of carbonyl (C=O) groups is 3. The summed E-state index contributed by atoms with van der Waals surface area (Å²) < 4.78 is 5.18. The van der Waals surface area contributed by atoms with E-state index in [1.54, 1.807) is 30.3 Å². The number of nitrogens with zero attached hydrogens (tertiary/aromatic N) is 1. The lowest BCUT2D eigenvalue weighted by atomic mass is 9.96. The Morgan fingerprint density at radius 2 is 1.89 bits per heavy atom. The van der Waals surface area contributed by atoms with Gasteiger partial charge in [0.25, 0.3) is 5.91 Å². The standard InChI is InChI=1S/C20H22ClN3O4/c1-12(18(25)24-20(27)22-15-5-3-2-4-6-15)28-19(26)14-7-9-16-13(11-14)8-10-17(21)23-16/h7-12,15H,2-6H2,1H3,(H2,22,24,25,27). The second-order valence-electron chi connectivity index (χ2n) is 6.89. The quantitative estimate of drug-likeness (QED) is 0.600. The predicted molar refractivity (Wildman–Crippen MR) is 105 cm³/mol. The lowest BCUT2D eigenvalue weighted by Crippen LogP contribution is -2.48. The summed E-state index contributed by atoms with van der Waals surface area (Å²) in [5, 5.41) is 6.10. The molecule has 1 atom stereocenters. The molecule has 1 aromatic carbocycles. The molecule has 0 aliphatic heterocycles. The van der Waals surface area contributed by atoms with Crippen molar-refractivity contribution in [1.82, 2.24) is 15.6 Å². The van der Waals surface area contributed by atoms with Crippen molar-refractivity contribution in [2.75, 3.05) is 0 Å². The van der Waals surface area contributed by atoms with E-state index >= 15 is 0 Å². The number of carbonyl (C=O) groups excluding carboxylic acids is 3. The van der Waals surface area contributed by atoms with E-state index in [4.69, 9.17) is 16.3 Å². The van der Waals surface area contributed by atoms with E-state index < -0.39 is 24.0 Å². The fourth-order valence-electron chi connectivity index (χ4n) is 3.19. The van der Waals surface area contributed by atoms with E-state index in [2.05, 4.69) is 15.6 Å². The number of imide groups is 1. The van der Waals surface area contributed by atoms with Crippen LogP contribution in [0.3, 0.4) is 0 Å². The number of ether oxygens (including phenoxy) is 1. The molecule has 1 heterocycles. The molecule has 1 unspecified atom stereocenters. The first kappa shape index (κ1) is 20.1. The molecule has 1 aliphatic rings. The number of halogens is 1. The fraction of sp³-hybridized carbons (Fsp3) is 0.400. The van der Waals surface area contributed by atoms with Crippen LogP contribution in [0.4, 0.5) is 4.79 Å². The maximum Gasteiger partial charge on any atom is 0.338 e. The van der Waals surface area contributed by atoms with Crippen molar-refractivity contribution in [2.45, 2.75) is 51.2 Å². The van der Waals surface area contributed by atoms with Crippen molar-refractivity contribution in [3.05, 3.63) is 41.0 Å². The van der Waals surface area contributed by atoms with Gasteiger partial charge in [0, 0.05) is 11.4 Å². The Bertz CT molecular complexity index is 896. The predicted octanol–water partition coefficient (Wildman–Crippen LogP) is 3.59. The highest BCUT2D eigenvalue weighted by Gasteiger charge is 2.22. The molecule has 28 heavy (non-hydrogen) atoms. The molecule has 1 saturated carbocycles. The number of hydrogen-bond acceptors (Lipinski definition) is 5. The highest BCUT2D eigenvalue weighted by Crippen LogP contribution is 2.18. The van der Waals surface area contributed by atoms with Crippen LogP contribution < -0.4 is 10.6 Å². The zero-order chi connectivity index (χ0) is 20.1. The van der Waals surface area contributed by atoms with Crippen LogP contribution in [0.1, 0.15) is 49.4 Å². The molecule has 0 bridgehead atoms. The maximum atomic E-state index is 12.3. The van der Waals surface area contributed by atoms with Crippen molar-refractivity contribution < 1.29 is 19.1 Å². The van der Waals surface area contributed by atoms with Gasteiger partial charge in [0.15, 0.2) is 6.10 Å². The smallest absolute Gasteiger partial charge is 0.338 e. The number of hydrogen-bond donors (Lipinski definition) is 2. The molecule has 0 spiro atoms. The van der Waals surface area contributed by atoms with Gasteiger partial charge >= 0.3 is 12.0 Å². The van der Waals surface area contributed by atoms with E-state index in [0.717, 1.165) is 31.1 Å². The summed E-state index contributed by atoms with van der Waals surface area (Å²) in [5.74, 6) is -1.33. The van der Waals surface area contributed by atoms with Crippen LogP contribution in [-0.2, 0) is 9.53 Å². The van der Waals surface area contributed by atoms with E-state index in [0.29, 0.717) is 10.7 Å². The van der Waals surface area contributed by atoms with E-state index in [1.165, 1.54) is 13.3 Å². The van der Waals surface area contributed by atoms with Gasteiger partial charge in [0.1, 0.15) is 5.15 Å². The minimum absolute atomic E-state index is 0.0825. The number of amides is 3. The number of nitrogens with one attached hydrogen (secondary N) is 2. The summed E-state index contributed by atoms with van der Waals surface area (Å²) in [6.07, 6.45) is 4.02. The summed E-state index contributed by atoms with van der Waals surface area (Å²) in [7, 11) is 0. The molecule has 8 heteroatoms. The Morgan fingerprint density at radius 3 is 2.64 bits per heavy atom. The summed E-state index contributed by atoms with van der Waals surface area (Å²) in [6, 6.07) is 7.70. The number of pyridine rings is 1. The molecule has 2 N–H and O–H groups in total. The van der Waals surface area contributed by atoms with Gasteiger partial charge in [-0.2, -0.15) is 0 Å². The first-order chi connectivity index (χ1) is 13.4. The average molecular weight is 404 g/mol. The molecular weight excluding hydrogens is 382 g/mol. The van der Waals surface area contributed by atoms with Gasteiger partial charge in [-0.05, 0) is 50.1 Å². The zero-order valence-electron chi connectivity index (χ0n) is 15.5. The Hall–Kier alpha value is -2.67. The first-order valence-electron chi connectivity index (χ1n) is 9.31. The maximum absolute atomic E-state index is 12.3. The van der Waals surface area contributed by atoms with Crippen molar-refractivity contribution in [3.8, 4) is 0 Å². The Labute approximate surface area is 167 Å². The van der Waals surface area contributed by atoms with Crippen LogP contribution in [-0.4, -0.2) is 35.0 Å². The van der Waals surface area contributed by atoms with Gasteiger partial charge < -0.3 is 10.1 Å². The number of aromatic nitrogens is 1. The molecule has 3 rings (SSSR count). The van der Waals surface area contributed by atoms with Crippen molar-refractivity contribution in [2.24, 2.45) is 0 Å². The van der Waals surface area contributed by atoms with Crippen LogP contribution in [0, 0.1) is 0 Å². The number of benzene rings is 1. The molecule has 2 aromatic rings. The van der Waals surface area contributed by atoms with Crippen LogP contribution in [0.2, 0.25) is 5.15 Å². The molecule has 148 valence electrons. The SMILES string of the molecule is CC(OC(=O)c1ccc2nc(Cl)ccc2c1)C(=O)NC(=O)NC1CCCCC1. The summed E-state index contributed by atoms with van der Waals surface area (Å²) in [6.45, 7) is 1.42. The summed E-state index contributed by atoms with van der Waals surface area (Å²) in [5.41, 5.74) is 0.928. The van der Waals surface area contributed by atoms with Crippen LogP contribution in [0.5, 0.6) is 0 Å². The van der Waals surface area contributed by atoms with E-state index in [9.17, 15) is 14.4 Å². The van der Waals surface area contributed by atoms with Gasteiger partial charge in [-0.3, -0.25) is 10.1 Å². The Balaban J connectivity index is 1.54. The van der Waals surface area contributed by atoms with Crippen molar-refractivity contribution >= 4 is 40.4 Å². The second kappa shape index (κ2) is 9.01. The normalized spacial score (nSPS) is 15.6. The molecule has 1 aromatic heterocycles. The molecule has 0 saturated heterocycles. The highest BCUT2D eigenvalue weighted by atomic mass is 35.5. The van der Waals surface area contributed by atoms with E-state index in [-0.39, 0.29) is 11.6 Å². The first-order valence-corrected chi connectivity index (χ1v) is 9.69. The minimum atomic E-state index is -1.11. The molecule has 3 amide bonds. The molecular formula is C20H22ClN3O4. The van der Waals surface area contributed by atoms with E-state index in [1.807, 2.05) is 0 Å². The van der Waals surface area contributed by atoms with Crippen molar-refractivity contribution in [3.63, 3.8) is 0 Å². The van der Waals surface area contributed by atoms with Gasteiger partial charge in [-0.25, -0.2) is 14.6 Å². The topological polar surface area (TPSA) is 97.4 Å². The monoisotopic (exact) mass is 403 g/mol. The molecule has 7 nitrogen and oxygen atoms in total. The lowest BCUT2D eigenvalue weighted by molar-refractivity contribution is -0.127. The zero-order valence-corrected chi connectivity index (χ0v) is 16.3. The molecule has 1 fully saturated rings. The summed E-state index contributed by atoms with van der Waals surface area (Å²) >= 11 is 5.85. The second-order valence-corrected chi connectivity index (χ2v) is 7.27. The fourth-order valence-corrected chi connectivity index (χ4v) is 3.35. The molecule has 1 aliphatic carbocycles. The highest BCUT2D eigenvalue weighted by molar-refractivity contribution is 6.29. The Morgan fingerprint density at radius 1 is 1.14 bits per heavy atom. The Kier molecular flexibility index (Phi) is 6.46. The largest absolute Gasteiger partial charge is 0.449 e. The lowest BCUT2D eigenvalue weighted by Gasteiger charge is -2.23. The number of rotatable bonds is 4. The third-order valence-corrected chi connectivity index (χ3v) is 4.93.